The number of rotatable bonds is 3. The summed E-state index contributed by atoms with van der Waals surface area (Å²) in [7, 11) is 1.90. The van der Waals surface area contributed by atoms with E-state index in [1.807, 2.05) is 19.2 Å². The van der Waals surface area contributed by atoms with E-state index in [-0.39, 0.29) is 0 Å². The van der Waals surface area contributed by atoms with Crippen molar-refractivity contribution in [2.75, 3.05) is 7.05 Å². The van der Waals surface area contributed by atoms with Gasteiger partial charge in [0.2, 0.25) is 0 Å². The molecule has 3 nitrogen and oxygen atoms in total. The first-order valence-electron chi connectivity index (χ1n) is 5.75. The van der Waals surface area contributed by atoms with Gasteiger partial charge in [-0.2, -0.15) is 10.2 Å². The Balaban J connectivity index is 2.33. The maximum atomic E-state index is 4.27. The normalized spacial score (nSPS) is 10.5. The van der Waals surface area contributed by atoms with Gasteiger partial charge >= 0.3 is 0 Å². The van der Waals surface area contributed by atoms with E-state index in [0.717, 1.165) is 23.5 Å². The lowest BCUT2D eigenvalue weighted by molar-refractivity contribution is 0.768. The fraction of sp³-hybridized carbons (Fsp3) is 0.286. The minimum atomic E-state index is 0.750. The van der Waals surface area contributed by atoms with E-state index in [0.29, 0.717) is 0 Å². The van der Waals surface area contributed by atoms with Crippen LogP contribution >= 0.6 is 0 Å². The number of nitrogens with one attached hydrogen (secondary N) is 1. The van der Waals surface area contributed by atoms with Crippen molar-refractivity contribution in [3.8, 4) is 11.3 Å². The van der Waals surface area contributed by atoms with E-state index < -0.39 is 0 Å². The van der Waals surface area contributed by atoms with Gasteiger partial charge in [0.15, 0.2) is 0 Å². The van der Waals surface area contributed by atoms with Crippen LogP contribution in [0.1, 0.15) is 16.8 Å². The van der Waals surface area contributed by atoms with E-state index in [1.54, 1.807) is 0 Å². The van der Waals surface area contributed by atoms with Crippen LogP contribution in [0.4, 0.5) is 0 Å². The van der Waals surface area contributed by atoms with E-state index in [2.05, 4.69) is 47.6 Å². The number of hydrogen-bond donors (Lipinski definition) is 1. The van der Waals surface area contributed by atoms with Gasteiger partial charge in [-0.3, -0.25) is 0 Å². The summed E-state index contributed by atoms with van der Waals surface area (Å²) in [5, 5.41) is 11.5. The van der Waals surface area contributed by atoms with Gasteiger partial charge < -0.3 is 5.32 Å². The van der Waals surface area contributed by atoms with Gasteiger partial charge in [-0.05, 0) is 38.6 Å². The molecule has 0 fully saturated rings. The predicted molar refractivity (Wildman–Crippen MR) is 69.7 cm³/mol. The Bertz CT molecular complexity index is 503. The van der Waals surface area contributed by atoms with Crippen LogP contribution in [0.2, 0.25) is 0 Å². The molecular formula is C14H17N3. The lowest BCUT2D eigenvalue weighted by Gasteiger charge is -2.06. The highest BCUT2D eigenvalue weighted by Gasteiger charge is 2.04. The molecule has 0 radical (unpaired) electrons. The molecule has 0 saturated heterocycles. The van der Waals surface area contributed by atoms with Crippen molar-refractivity contribution in [2.45, 2.75) is 20.4 Å². The van der Waals surface area contributed by atoms with Gasteiger partial charge in [0, 0.05) is 12.1 Å². The first kappa shape index (κ1) is 11.7. The predicted octanol–water partition coefficient (Wildman–Crippen LogP) is 2.48. The van der Waals surface area contributed by atoms with Crippen LogP contribution in [0.25, 0.3) is 11.3 Å². The Morgan fingerprint density at radius 3 is 2.47 bits per heavy atom. The molecule has 88 valence electrons. The molecular weight excluding hydrogens is 210 g/mol. The zero-order chi connectivity index (χ0) is 12.3. The van der Waals surface area contributed by atoms with Gasteiger partial charge in [0.05, 0.1) is 11.4 Å². The number of benzene rings is 1. The summed E-state index contributed by atoms with van der Waals surface area (Å²) in [5.41, 5.74) is 5.55. The number of nitrogens with zero attached hydrogens (tertiary/aromatic N) is 2. The van der Waals surface area contributed by atoms with Gasteiger partial charge in [-0.15, -0.1) is 0 Å². The second-order valence-electron chi connectivity index (χ2n) is 4.26. The first-order valence-corrected chi connectivity index (χ1v) is 5.75. The summed E-state index contributed by atoms with van der Waals surface area (Å²) < 4.78 is 0. The molecule has 2 aromatic rings. The van der Waals surface area contributed by atoms with E-state index in [9.17, 15) is 0 Å². The monoisotopic (exact) mass is 227 g/mol. The van der Waals surface area contributed by atoms with Crippen LogP contribution in [0, 0.1) is 13.8 Å². The van der Waals surface area contributed by atoms with Crippen LogP contribution in [0.3, 0.4) is 0 Å². The molecule has 2 rings (SSSR count). The average molecular weight is 227 g/mol. The smallest absolute Gasteiger partial charge is 0.0932 e. The summed E-state index contributed by atoms with van der Waals surface area (Å²) in [6.45, 7) is 4.95. The molecule has 0 aliphatic heterocycles. The van der Waals surface area contributed by atoms with Crippen molar-refractivity contribution in [1.82, 2.24) is 15.5 Å². The quantitative estimate of drug-likeness (QED) is 0.875. The average Bonchev–Trinajstić information content (AvgIpc) is 2.31. The fourth-order valence-electron chi connectivity index (χ4n) is 1.88. The molecule has 17 heavy (non-hydrogen) atoms. The van der Waals surface area contributed by atoms with Crippen molar-refractivity contribution >= 4 is 0 Å². The highest BCUT2D eigenvalue weighted by Crippen LogP contribution is 2.21. The Labute approximate surface area is 102 Å². The number of hydrogen-bond acceptors (Lipinski definition) is 3. The molecule has 0 atom stereocenters. The fourth-order valence-corrected chi connectivity index (χ4v) is 1.88. The highest BCUT2D eigenvalue weighted by atomic mass is 15.1. The summed E-state index contributed by atoms with van der Waals surface area (Å²) in [4.78, 5) is 0. The molecule has 0 aliphatic rings. The van der Waals surface area contributed by atoms with E-state index >= 15 is 0 Å². The number of aryl methyl sites for hydroxylation is 2. The Morgan fingerprint density at radius 1 is 1.06 bits per heavy atom. The SMILES string of the molecule is CNCc1ccc(-c2ccc(C)cc2C)nn1. The standard InChI is InChI=1S/C14H17N3/c1-10-4-6-13(11(2)8-10)14-7-5-12(9-15-3)16-17-14/h4-8,15H,9H2,1-3H3. The molecule has 1 N–H and O–H groups in total. The van der Waals surface area contributed by atoms with E-state index in [1.165, 1.54) is 11.1 Å². The molecule has 0 amide bonds. The van der Waals surface area contributed by atoms with Crippen molar-refractivity contribution in [1.29, 1.82) is 0 Å². The third-order valence-corrected chi connectivity index (χ3v) is 2.74. The number of aromatic nitrogens is 2. The van der Waals surface area contributed by atoms with Crippen molar-refractivity contribution in [3.63, 3.8) is 0 Å². The van der Waals surface area contributed by atoms with Gasteiger partial charge in [0.25, 0.3) is 0 Å². The lowest BCUT2D eigenvalue weighted by Crippen LogP contribution is -2.07. The molecule has 3 heteroatoms. The summed E-state index contributed by atoms with van der Waals surface area (Å²) in [6.07, 6.45) is 0. The molecule has 1 heterocycles. The third kappa shape index (κ3) is 2.68. The molecule has 1 aromatic heterocycles. The Morgan fingerprint density at radius 2 is 1.88 bits per heavy atom. The Kier molecular flexibility index (Phi) is 3.49. The molecule has 0 bridgehead atoms. The minimum Gasteiger partial charge on any atom is -0.314 e. The van der Waals surface area contributed by atoms with Crippen molar-refractivity contribution < 1.29 is 0 Å². The van der Waals surface area contributed by atoms with Crippen LogP contribution in [-0.4, -0.2) is 17.2 Å². The van der Waals surface area contributed by atoms with Gasteiger partial charge in [0.1, 0.15) is 0 Å². The van der Waals surface area contributed by atoms with Crippen LogP contribution in [0.15, 0.2) is 30.3 Å². The largest absolute Gasteiger partial charge is 0.314 e. The maximum absolute atomic E-state index is 4.27. The molecule has 0 unspecified atom stereocenters. The summed E-state index contributed by atoms with van der Waals surface area (Å²) in [6, 6.07) is 10.4. The van der Waals surface area contributed by atoms with Gasteiger partial charge in [-0.25, -0.2) is 0 Å². The summed E-state index contributed by atoms with van der Waals surface area (Å²) in [5.74, 6) is 0. The second kappa shape index (κ2) is 5.06. The topological polar surface area (TPSA) is 37.8 Å². The van der Waals surface area contributed by atoms with E-state index in [4.69, 9.17) is 0 Å². The Hall–Kier alpha value is -1.74. The minimum absolute atomic E-state index is 0.750. The third-order valence-electron chi connectivity index (χ3n) is 2.74. The van der Waals surface area contributed by atoms with Crippen LogP contribution in [0.5, 0.6) is 0 Å². The van der Waals surface area contributed by atoms with Crippen molar-refractivity contribution in [3.05, 3.63) is 47.2 Å². The molecule has 0 aliphatic carbocycles. The maximum Gasteiger partial charge on any atom is 0.0932 e. The highest BCUT2D eigenvalue weighted by molar-refractivity contribution is 5.63. The van der Waals surface area contributed by atoms with Crippen LogP contribution in [-0.2, 0) is 6.54 Å². The molecule has 1 aromatic carbocycles. The molecule has 0 spiro atoms. The lowest BCUT2D eigenvalue weighted by atomic mass is 10.0. The van der Waals surface area contributed by atoms with Crippen LogP contribution < -0.4 is 5.32 Å². The van der Waals surface area contributed by atoms with Crippen molar-refractivity contribution in [2.24, 2.45) is 0 Å². The zero-order valence-corrected chi connectivity index (χ0v) is 10.5. The molecule has 0 saturated carbocycles. The summed E-state index contributed by atoms with van der Waals surface area (Å²) >= 11 is 0. The second-order valence-corrected chi connectivity index (χ2v) is 4.26. The van der Waals surface area contributed by atoms with Gasteiger partial charge in [-0.1, -0.05) is 23.8 Å². The zero-order valence-electron chi connectivity index (χ0n) is 10.5. The first-order chi connectivity index (χ1) is 8.20.